The summed E-state index contributed by atoms with van der Waals surface area (Å²) in [6, 6.07) is 12.6. The maximum absolute atomic E-state index is 11.8. The number of amides is 1. The summed E-state index contributed by atoms with van der Waals surface area (Å²) < 4.78 is 5.04. The summed E-state index contributed by atoms with van der Waals surface area (Å²) in [5.74, 6) is 0.611. The van der Waals surface area contributed by atoms with E-state index in [-0.39, 0.29) is 18.3 Å². The quantitative estimate of drug-likeness (QED) is 0.935. The van der Waals surface area contributed by atoms with Gasteiger partial charge in [-0.1, -0.05) is 6.07 Å². The molecule has 4 nitrogen and oxygen atoms in total. The van der Waals surface area contributed by atoms with Gasteiger partial charge in [-0.3, -0.25) is 9.78 Å². The Morgan fingerprint density at radius 1 is 1.21 bits per heavy atom. The van der Waals surface area contributed by atoms with E-state index in [0.717, 1.165) is 11.4 Å². The fourth-order valence-corrected chi connectivity index (χ4v) is 1.52. The number of nitrogens with one attached hydrogen (secondary N) is 1. The van der Waals surface area contributed by atoms with Crippen molar-refractivity contribution in [3.8, 4) is 5.75 Å². The predicted octanol–water partition coefficient (Wildman–Crippen LogP) is 2.44. The highest BCUT2D eigenvalue weighted by atomic mass is 35.5. The van der Waals surface area contributed by atoms with Gasteiger partial charge in [0.25, 0.3) is 5.91 Å². The van der Waals surface area contributed by atoms with E-state index in [1.807, 2.05) is 18.2 Å². The normalized spacial score (nSPS) is 9.32. The molecule has 0 radical (unpaired) electrons. The molecule has 1 aromatic heterocycles. The minimum atomic E-state index is -0.122. The predicted molar refractivity (Wildman–Crippen MR) is 75.6 cm³/mol. The minimum Gasteiger partial charge on any atom is -0.497 e. The smallest absolute Gasteiger partial charge is 0.251 e. The molecule has 2 aromatic rings. The fraction of sp³-hybridized carbons (Fsp3) is 0.143. The second-order valence-electron chi connectivity index (χ2n) is 3.73. The molecule has 0 spiro atoms. The maximum atomic E-state index is 11.8. The van der Waals surface area contributed by atoms with Crippen molar-refractivity contribution in [3.05, 3.63) is 59.9 Å². The monoisotopic (exact) mass is 278 g/mol. The molecule has 5 heteroatoms. The molecule has 0 atom stereocenters. The molecule has 0 bridgehead atoms. The Hall–Kier alpha value is -2.07. The first-order valence-corrected chi connectivity index (χ1v) is 5.62. The molecule has 1 aromatic carbocycles. The summed E-state index contributed by atoms with van der Waals surface area (Å²) in [7, 11) is 1.59. The molecule has 100 valence electrons. The Kier molecular flexibility index (Phi) is 5.82. The van der Waals surface area contributed by atoms with Gasteiger partial charge < -0.3 is 10.1 Å². The van der Waals surface area contributed by atoms with Gasteiger partial charge in [-0.2, -0.15) is 0 Å². The Morgan fingerprint density at radius 3 is 2.53 bits per heavy atom. The molecule has 0 fully saturated rings. The van der Waals surface area contributed by atoms with Crippen LogP contribution < -0.4 is 10.1 Å². The number of nitrogens with zero attached hydrogens (tertiary/aromatic N) is 1. The van der Waals surface area contributed by atoms with Crippen molar-refractivity contribution < 1.29 is 9.53 Å². The molecule has 1 heterocycles. The Balaban J connectivity index is 0.00000180. The van der Waals surface area contributed by atoms with Crippen LogP contribution in [0.25, 0.3) is 0 Å². The van der Waals surface area contributed by atoms with Crippen LogP contribution >= 0.6 is 12.4 Å². The van der Waals surface area contributed by atoms with E-state index < -0.39 is 0 Å². The summed E-state index contributed by atoms with van der Waals surface area (Å²) in [5, 5.41) is 2.81. The van der Waals surface area contributed by atoms with Crippen molar-refractivity contribution in [1.29, 1.82) is 0 Å². The molecule has 0 aliphatic heterocycles. The van der Waals surface area contributed by atoms with Crippen molar-refractivity contribution in [2.45, 2.75) is 6.54 Å². The highest BCUT2D eigenvalue weighted by Crippen LogP contribution is 2.11. The highest BCUT2D eigenvalue weighted by molar-refractivity contribution is 5.94. The molecule has 1 amide bonds. The van der Waals surface area contributed by atoms with Crippen LogP contribution in [-0.2, 0) is 6.54 Å². The zero-order chi connectivity index (χ0) is 12.8. The summed E-state index contributed by atoms with van der Waals surface area (Å²) in [6.07, 6.45) is 1.70. The molecular formula is C14H15ClN2O2. The third-order valence-corrected chi connectivity index (χ3v) is 2.51. The number of hydrogen-bond donors (Lipinski definition) is 1. The second-order valence-corrected chi connectivity index (χ2v) is 3.73. The van der Waals surface area contributed by atoms with Gasteiger partial charge in [0.2, 0.25) is 0 Å². The molecule has 0 saturated heterocycles. The van der Waals surface area contributed by atoms with Crippen molar-refractivity contribution in [3.63, 3.8) is 0 Å². The lowest BCUT2D eigenvalue weighted by atomic mass is 10.2. The average molecular weight is 279 g/mol. The number of carbonyl (C=O) groups excluding carboxylic acids is 1. The molecule has 0 unspecified atom stereocenters. The number of pyridine rings is 1. The third-order valence-electron chi connectivity index (χ3n) is 2.51. The van der Waals surface area contributed by atoms with Gasteiger partial charge in [-0.15, -0.1) is 12.4 Å². The van der Waals surface area contributed by atoms with Gasteiger partial charge in [0.1, 0.15) is 5.75 Å². The van der Waals surface area contributed by atoms with E-state index in [4.69, 9.17) is 4.74 Å². The average Bonchev–Trinajstić information content (AvgIpc) is 2.46. The maximum Gasteiger partial charge on any atom is 0.251 e. The van der Waals surface area contributed by atoms with Crippen LogP contribution in [0.1, 0.15) is 16.1 Å². The fourth-order valence-electron chi connectivity index (χ4n) is 1.52. The van der Waals surface area contributed by atoms with E-state index in [1.165, 1.54) is 0 Å². The lowest BCUT2D eigenvalue weighted by molar-refractivity contribution is 0.0950. The van der Waals surface area contributed by atoms with Crippen molar-refractivity contribution in [1.82, 2.24) is 10.3 Å². The zero-order valence-corrected chi connectivity index (χ0v) is 11.3. The molecular weight excluding hydrogens is 264 g/mol. The van der Waals surface area contributed by atoms with Gasteiger partial charge in [0.05, 0.1) is 19.3 Å². The number of aromatic nitrogens is 1. The van der Waals surface area contributed by atoms with Crippen LogP contribution in [-0.4, -0.2) is 18.0 Å². The standard InChI is InChI=1S/C14H14N2O2.ClH/c1-18-13-7-5-11(6-8-13)14(17)16-10-12-4-2-3-9-15-12;/h2-9H,10H2,1H3,(H,16,17);1H. The largest absolute Gasteiger partial charge is 0.497 e. The third kappa shape index (κ3) is 4.26. The van der Waals surface area contributed by atoms with E-state index in [0.29, 0.717) is 12.1 Å². The number of halogens is 1. The summed E-state index contributed by atoms with van der Waals surface area (Å²) in [4.78, 5) is 16.0. The number of ether oxygens (including phenoxy) is 1. The van der Waals surface area contributed by atoms with Crippen molar-refractivity contribution in [2.75, 3.05) is 7.11 Å². The number of benzene rings is 1. The molecule has 1 N–H and O–H groups in total. The summed E-state index contributed by atoms with van der Waals surface area (Å²) >= 11 is 0. The second kappa shape index (κ2) is 7.38. The topological polar surface area (TPSA) is 51.2 Å². The summed E-state index contributed by atoms with van der Waals surface area (Å²) in [5.41, 5.74) is 1.44. The van der Waals surface area contributed by atoms with Crippen LogP contribution in [0, 0.1) is 0 Å². The van der Waals surface area contributed by atoms with E-state index in [1.54, 1.807) is 37.6 Å². The first-order chi connectivity index (χ1) is 8.79. The van der Waals surface area contributed by atoms with E-state index in [9.17, 15) is 4.79 Å². The number of hydrogen-bond acceptors (Lipinski definition) is 3. The van der Waals surface area contributed by atoms with Crippen LogP contribution in [0.3, 0.4) is 0 Å². The van der Waals surface area contributed by atoms with Crippen molar-refractivity contribution >= 4 is 18.3 Å². The van der Waals surface area contributed by atoms with Crippen LogP contribution in [0.2, 0.25) is 0 Å². The lowest BCUT2D eigenvalue weighted by Gasteiger charge is -2.05. The molecule has 0 aliphatic rings. The number of carbonyl (C=O) groups is 1. The lowest BCUT2D eigenvalue weighted by Crippen LogP contribution is -2.23. The van der Waals surface area contributed by atoms with E-state index >= 15 is 0 Å². The number of rotatable bonds is 4. The molecule has 19 heavy (non-hydrogen) atoms. The van der Waals surface area contributed by atoms with Gasteiger partial charge in [-0.05, 0) is 36.4 Å². The van der Waals surface area contributed by atoms with Gasteiger partial charge >= 0.3 is 0 Å². The molecule has 0 aliphatic carbocycles. The zero-order valence-electron chi connectivity index (χ0n) is 10.5. The first kappa shape index (κ1) is 15.0. The van der Waals surface area contributed by atoms with Crippen LogP contribution in [0.4, 0.5) is 0 Å². The van der Waals surface area contributed by atoms with Crippen LogP contribution in [0.15, 0.2) is 48.7 Å². The Morgan fingerprint density at radius 2 is 1.95 bits per heavy atom. The Labute approximate surface area is 118 Å². The van der Waals surface area contributed by atoms with E-state index in [2.05, 4.69) is 10.3 Å². The highest BCUT2D eigenvalue weighted by Gasteiger charge is 2.05. The summed E-state index contributed by atoms with van der Waals surface area (Å²) in [6.45, 7) is 0.422. The molecule has 0 saturated carbocycles. The van der Waals surface area contributed by atoms with Gasteiger partial charge in [-0.25, -0.2) is 0 Å². The van der Waals surface area contributed by atoms with Gasteiger partial charge in [0, 0.05) is 11.8 Å². The van der Waals surface area contributed by atoms with Crippen molar-refractivity contribution in [2.24, 2.45) is 0 Å². The minimum absolute atomic E-state index is 0. The van der Waals surface area contributed by atoms with Gasteiger partial charge in [0.15, 0.2) is 0 Å². The number of methoxy groups -OCH3 is 1. The van der Waals surface area contributed by atoms with Crippen LogP contribution in [0.5, 0.6) is 5.75 Å². The molecule has 2 rings (SSSR count). The first-order valence-electron chi connectivity index (χ1n) is 5.62. The Bertz CT molecular complexity index is 515. The SMILES string of the molecule is COc1ccc(C(=O)NCc2ccccn2)cc1.Cl.